The zero-order valence-electron chi connectivity index (χ0n) is 8.93. The van der Waals surface area contributed by atoms with Crippen LogP contribution in [0.15, 0.2) is 0 Å². The van der Waals surface area contributed by atoms with Gasteiger partial charge >= 0.3 is 0 Å². The normalized spacial score (nSPS) is 27.0. The first-order valence-electron chi connectivity index (χ1n) is 5.41. The van der Waals surface area contributed by atoms with Crippen molar-refractivity contribution >= 4 is 0 Å². The van der Waals surface area contributed by atoms with Gasteiger partial charge in [-0.2, -0.15) is 5.10 Å². The van der Waals surface area contributed by atoms with Crippen molar-refractivity contribution in [1.29, 1.82) is 0 Å². The number of nitrogens with zero attached hydrogens (tertiary/aromatic N) is 2. The van der Waals surface area contributed by atoms with Gasteiger partial charge in [0.15, 0.2) is 5.82 Å². The van der Waals surface area contributed by atoms with Crippen LogP contribution in [0.2, 0.25) is 0 Å². The molecular formula is C10H18N4. The number of H-pyrrole nitrogens is 1. The molecule has 1 aromatic heterocycles. The van der Waals surface area contributed by atoms with Gasteiger partial charge in [0, 0.05) is 0 Å². The Morgan fingerprint density at radius 2 is 2.36 bits per heavy atom. The lowest BCUT2D eigenvalue weighted by Crippen LogP contribution is -2.37. The van der Waals surface area contributed by atoms with Crippen LogP contribution in [0.4, 0.5) is 0 Å². The highest BCUT2D eigenvalue weighted by molar-refractivity contribution is 5.08. The van der Waals surface area contributed by atoms with Gasteiger partial charge in [0.2, 0.25) is 0 Å². The highest BCUT2D eigenvalue weighted by Gasteiger charge is 2.37. The van der Waals surface area contributed by atoms with Crippen molar-refractivity contribution in [2.45, 2.75) is 45.1 Å². The topological polar surface area (TPSA) is 53.6 Å². The summed E-state index contributed by atoms with van der Waals surface area (Å²) in [6.45, 7) is 5.25. The van der Waals surface area contributed by atoms with Crippen LogP contribution < -0.4 is 5.32 Å². The molecule has 0 saturated carbocycles. The molecule has 1 saturated heterocycles. The third-order valence-corrected chi connectivity index (χ3v) is 2.95. The van der Waals surface area contributed by atoms with E-state index < -0.39 is 0 Å². The molecule has 0 aliphatic carbocycles. The van der Waals surface area contributed by atoms with E-state index in [0.717, 1.165) is 31.0 Å². The van der Waals surface area contributed by atoms with Crippen LogP contribution in [-0.4, -0.2) is 21.7 Å². The lowest BCUT2D eigenvalue weighted by Gasteiger charge is -2.25. The van der Waals surface area contributed by atoms with Crippen LogP contribution >= 0.6 is 0 Å². The molecule has 1 aliphatic heterocycles. The summed E-state index contributed by atoms with van der Waals surface area (Å²) in [4.78, 5) is 4.45. The molecule has 4 heteroatoms. The highest BCUT2D eigenvalue weighted by atomic mass is 15.2. The lowest BCUT2D eigenvalue weighted by atomic mass is 9.91. The summed E-state index contributed by atoms with van der Waals surface area (Å²) in [5, 5.41) is 10.8. The largest absolute Gasteiger partial charge is 0.305 e. The molecule has 0 spiro atoms. The second-order valence-electron chi connectivity index (χ2n) is 4.11. The minimum Gasteiger partial charge on any atom is -0.305 e. The molecule has 1 fully saturated rings. The van der Waals surface area contributed by atoms with Gasteiger partial charge in [0.1, 0.15) is 5.82 Å². The van der Waals surface area contributed by atoms with E-state index in [0.29, 0.717) is 0 Å². The molecule has 2 rings (SSSR count). The fourth-order valence-electron chi connectivity index (χ4n) is 2.31. The minimum atomic E-state index is 0.0551. The molecule has 1 aromatic rings. The molecule has 2 N–H and O–H groups in total. The van der Waals surface area contributed by atoms with Gasteiger partial charge in [0.25, 0.3) is 0 Å². The summed E-state index contributed by atoms with van der Waals surface area (Å²) in [6.07, 6.45) is 4.69. The van der Waals surface area contributed by atoms with Crippen molar-refractivity contribution in [3.63, 3.8) is 0 Å². The van der Waals surface area contributed by atoms with Gasteiger partial charge in [0.05, 0.1) is 5.54 Å². The number of aromatic amines is 1. The zero-order valence-corrected chi connectivity index (χ0v) is 8.93. The molecule has 4 nitrogen and oxygen atoms in total. The number of aryl methyl sites for hydroxylation is 1. The van der Waals surface area contributed by atoms with Crippen LogP contribution in [0, 0.1) is 6.92 Å². The summed E-state index contributed by atoms with van der Waals surface area (Å²) in [7, 11) is 0. The first kappa shape index (κ1) is 9.65. The molecule has 0 bridgehead atoms. The van der Waals surface area contributed by atoms with Crippen molar-refractivity contribution in [1.82, 2.24) is 20.5 Å². The number of aromatic nitrogens is 3. The van der Waals surface area contributed by atoms with Gasteiger partial charge in [-0.3, -0.25) is 5.10 Å². The first-order chi connectivity index (χ1) is 6.77. The Morgan fingerprint density at radius 3 is 2.86 bits per heavy atom. The Bertz CT molecular complexity index is 299. The number of nitrogens with one attached hydrogen (secondary N) is 2. The number of hydrogen-bond acceptors (Lipinski definition) is 3. The third kappa shape index (κ3) is 1.54. The molecule has 1 unspecified atom stereocenters. The number of rotatable bonds is 3. The van der Waals surface area contributed by atoms with Crippen LogP contribution in [0.25, 0.3) is 0 Å². The van der Waals surface area contributed by atoms with Gasteiger partial charge < -0.3 is 5.32 Å². The molecule has 78 valence electrons. The predicted octanol–water partition coefficient (Wildman–Crippen LogP) is 1.49. The average molecular weight is 194 g/mol. The summed E-state index contributed by atoms with van der Waals surface area (Å²) in [5.74, 6) is 1.86. The smallest absolute Gasteiger partial charge is 0.170 e. The van der Waals surface area contributed by atoms with E-state index in [1.807, 2.05) is 6.92 Å². The van der Waals surface area contributed by atoms with Crippen LogP contribution in [0.3, 0.4) is 0 Å². The summed E-state index contributed by atoms with van der Waals surface area (Å²) in [5.41, 5.74) is 0.0551. The van der Waals surface area contributed by atoms with Crippen molar-refractivity contribution in [2.75, 3.05) is 6.54 Å². The number of hydrogen-bond donors (Lipinski definition) is 2. The fraction of sp³-hybridized carbons (Fsp3) is 0.800. The first-order valence-corrected chi connectivity index (χ1v) is 5.41. The molecule has 2 heterocycles. The van der Waals surface area contributed by atoms with E-state index in [9.17, 15) is 0 Å². The van der Waals surface area contributed by atoms with E-state index in [4.69, 9.17) is 0 Å². The predicted molar refractivity (Wildman–Crippen MR) is 54.9 cm³/mol. The van der Waals surface area contributed by atoms with Gasteiger partial charge in [-0.25, -0.2) is 4.98 Å². The second-order valence-corrected chi connectivity index (χ2v) is 4.11. The van der Waals surface area contributed by atoms with Gasteiger partial charge in [-0.05, 0) is 32.7 Å². The molecule has 0 amide bonds. The molecule has 0 radical (unpaired) electrons. The third-order valence-electron chi connectivity index (χ3n) is 2.95. The Morgan fingerprint density at radius 1 is 1.50 bits per heavy atom. The maximum Gasteiger partial charge on any atom is 0.170 e. The van der Waals surface area contributed by atoms with E-state index in [1.54, 1.807) is 0 Å². The summed E-state index contributed by atoms with van der Waals surface area (Å²) < 4.78 is 0. The SMILES string of the molecule is CCCC1(c2n[nH]c(C)n2)CCCN1. The maximum atomic E-state index is 4.45. The van der Waals surface area contributed by atoms with Crippen molar-refractivity contribution in [2.24, 2.45) is 0 Å². The fourth-order valence-corrected chi connectivity index (χ4v) is 2.31. The van der Waals surface area contributed by atoms with E-state index in [-0.39, 0.29) is 5.54 Å². The van der Waals surface area contributed by atoms with Crippen molar-refractivity contribution < 1.29 is 0 Å². The van der Waals surface area contributed by atoms with Crippen LogP contribution in [-0.2, 0) is 5.54 Å². The Labute approximate surface area is 84.5 Å². The maximum absolute atomic E-state index is 4.45. The second kappa shape index (κ2) is 3.69. The van der Waals surface area contributed by atoms with Crippen LogP contribution in [0.5, 0.6) is 0 Å². The summed E-state index contributed by atoms with van der Waals surface area (Å²) in [6, 6.07) is 0. The molecule has 14 heavy (non-hydrogen) atoms. The molecule has 1 aliphatic rings. The van der Waals surface area contributed by atoms with E-state index >= 15 is 0 Å². The lowest BCUT2D eigenvalue weighted by molar-refractivity contribution is 0.335. The highest BCUT2D eigenvalue weighted by Crippen LogP contribution is 2.32. The van der Waals surface area contributed by atoms with Gasteiger partial charge in [-0.1, -0.05) is 13.3 Å². The van der Waals surface area contributed by atoms with Crippen molar-refractivity contribution in [3.8, 4) is 0 Å². The summed E-state index contributed by atoms with van der Waals surface area (Å²) >= 11 is 0. The molecular weight excluding hydrogens is 176 g/mol. The monoisotopic (exact) mass is 194 g/mol. The molecule has 0 aromatic carbocycles. The Balaban J connectivity index is 2.26. The zero-order chi connectivity index (χ0) is 10.0. The van der Waals surface area contributed by atoms with E-state index in [2.05, 4.69) is 27.4 Å². The minimum absolute atomic E-state index is 0.0551. The average Bonchev–Trinajstić information content (AvgIpc) is 2.75. The molecule has 1 atom stereocenters. The Hall–Kier alpha value is -0.900. The van der Waals surface area contributed by atoms with Gasteiger partial charge in [-0.15, -0.1) is 0 Å². The van der Waals surface area contributed by atoms with Crippen molar-refractivity contribution in [3.05, 3.63) is 11.6 Å². The Kier molecular flexibility index (Phi) is 2.54. The van der Waals surface area contributed by atoms with Crippen LogP contribution in [0.1, 0.15) is 44.3 Å². The van der Waals surface area contributed by atoms with E-state index in [1.165, 1.54) is 12.8 Å². The standard InChI is InChI=1S/C10H18N4/c1-3-5-10(6-4-7-11-10)9-12-8(2)13-14-9/h11H,3-7H2,1-2H3,(H,12,13,14). The quantitative estimate of drug-likeness (QED) is 0.766.